The number of carbonyl (C=O) groups excluding carboxylic acids is 1. The molecule has 2 heterocycles. The Hall–Kier alpha value is -2.08. The molecule has 1 amide bonds. The Labute approximate surface area is 115 Å². The van der Waals surface area contributed by atoms with E-state index in [2.05, 4.69) is 0 Å². The lowest BCUT2D eigenvalue weighted by atomic mass is 10.2. The summed E-state index contributed by atoms with van der Waals surface area (Å²) in [5, 5.41) is 0. The number of aryl methyl sites for hydroxylation is 1. The fourth-order valence-corrected chi connectivity index (χ4v) is 2.37. The number of amides is 1. The molecular weight excluding hydrogens is 260 g/mol. The highest BCUT2D eigenvalue weighted by Gasteiger charge is 2.19. The molecule has 0 spiro atoms. The van der Waals surface area contributed by atoms with Gasteiger partial charge in [-0.1, -0.05) is 6.07 Å². The van der Waals surface area contributed by atoms with Gasteiger partial charge in [0.15, 0.2) is 5.58 Å². The van der Waals surface area contributed by atoms with E-state index in [0.29, 0.717) is 37.4 Å². The van der Waals surface area contributed by atoms with Crippen molar-refractivity contribution in [3.63, 3.8) is 0 Å². The van der Waals surface area contributed by atoms with Crippen LogP contribution < -0.4 is 5.76 Å². The first kappa shape index (κ1) is 12.9. The van der Waals surface area contributed by atoms with E-state index in [-0.39, 0.29) is 12.5 Å². The first-order valence-electron chi connectivity index (χ1n) is 6.60. The van der Waals surface area contributed by atoms with Gasteiger partial charge in [-0.05, 0) is 24.6 Å². The number of nitrogens with zero attached hydrogens (tertiary/aromatic N) is 2. The van der Waals surface area contributed by atoms with Crippen molar-refractivity contribution >= 4 is 17.0 Å². The average Bonchev–Trinajstić information content (AvgIpc) is 2.75. The molecule has 6 heteroatoms. The van der Waals surface area contributed by atoms with Crippen LogP contribution in [0.4, 0.5) is 0 Å². The van der Waals surface area contributed by atoms with Gasteiger partial charge in [0.2, 0.25) is 5.91 Å². The van der Waals surface area contributed by atoms with E-state index < -0.39 is 5.76 Å². The molecule has 0 saturated carbocycles. The second-order valence-electron chi connectivity index (χ2n) is 4.92. The Morgan fingerprint density at radius 1 is 1.30 bits per heavy atom. The van der Waals surface area contributed by atoms with Crippen LogP contribution in [0.5, 0.6) is 0 Å². The van der Waals surface area contributed by atoms with Gasteiger partial charge >= 0.3 is 5.76 Å². The summed E-state index contributed by atoms with van der Waals surface area (Å²) in [6.45, 7) is 4.17. The summed E-state index contributed by atoms with van der Waals surface area (Å²) in [5.74, 6) is -0.578. The molecule has 1 aliphatic heterocycles. The van der Waals surface area contributed by atoms with Crippen LogP contribution in [0.3, 0.4) is 0 Å². The van der Waals surface area contributed by atoms with Crippen LogP contribution >= 0.6 is 0 Å². The zero-order valence-electron chi connectivity index (χ0n) is 11.3. The summed E-state index contributed by atoms with van der Waals surface area (Å²) in [7, 11) is 0. The van der Waals surface area contributed by atoms with Crippen molar-refractivity contribution < 1.29 is 13.9 Å². The van der Waals surface area contributed by atoms with Crippen LogP contribution in [0, 0.1) is 6.92 Å². The van der Waals surface area contributed by atoms with E-state index in [1.165, 1.54) is 4.57 Å². The van der Waals surface area contributed by atoms with Gasteiger partial charge < -0.3 is 14.1 Å². The molecule has 20 heavy (non-hydrogen) atoms. The van der Waals surface area contributed by atoms with E-state index in [9.17, 15) is 9.59 Å². The summed E-state index contributed by atoms with van der Waals surface area (Å²) in [4.78, 5) is 25.8. The van der Waals surface area contributed by atoms with Crippen molar-refractivity contribution in [2.24, 2.45) is 0 Å². The molecule has 2 aromatic rings. The number of oxazole rings is 1. The second-order valence-corrected chi connectivity index (χ2v) is 4.92. The number of rotatable bonds is 2. The minimum Gasteiger partial charge on any atom is -0.408 e. The van der Waals surface area contributed by atoms with E-state index in [1.807, 2.05) is 19.1 Å². The zero-order valence-corrected chi connectivity index (χ0v) is 11.3. The minimum atomic E-state index is -0.493. The highest BCUT2D eigenvalue weighted by Crippen LogP contribution is 2.15. The van der Waals surface area contributed by atoms with Gasteiger partial charge in [-0.2, -0.15) is 0 Å². The Bertz CT molecular complexity index is 695. The van der Waals surface area contributed by atoms with Gasteiger partial charge in [0.05, 0.1) is 18.7 Å². The quantitative estimate of drug-likeness (QED) is 0.812. The van der Waals surface area contributed by atoms with Crippen molar-refractivity contribution in [3.05, 3.63) is 34.3 Å². The van der Waals surface area contributed by atoms with Crippen LogP contribution in [0.2, 0.25) is 0 Å². The summed E-state index contributed by atoms with van der Waals surface area (Å²) < 4.78 is 11.8. The predicted molar refractivity (Wildman–Crippen MR) is 72.6 cm³/mol. The Balaban J connectivity index is 1.88. The maximum absolute atomic E-state index is 12.2. The summed E-state index contributed by atoms with van der Waals surface area (Å²) in [6, 6.07) is 5.50. The molecule has 0 aliphatic carbocycles. The number of benzene rings is 1. The molecule has 3 rings (SSSR count). The van der Waals surface area contributed by atoms with Crippen LogP contribution in [0.15, 0.2) is 27.4 Å². The number of hydrogen-bond acceptors (Lipinski definition) is 4. The van der Waals surface area contributed by atoms with Crippen molar-refractivity contribution in [1.82, 2.24) is 9.47 Å². The van der Waals surface area contributed by atoms with Gasteiger partial charge in [0.1, 0.15) is 6.54 Å². The van der Waals surface area contributed by atoms with E-state index in [0.717, 1.165) is 5.56 Å². The second kappa shape index (κ2) is 5.13. The Morgan fingerprint density at radius 3 is 2.80 bits per heavy atom. The van der Waals surface area contributed by atoms with E-state index >= 15 is 0 Å². The largest absolute Gasteiger partial charge is 0.420 e. The third kappa shape index (κ3) is 2.34. The number of carbonyl (C=O) groups is 1. The van der Waals surface area contributed by atoms with Crippen LogP contribution in [-0.4, -0.2) is 41.7 Å². The highest BCUT2D eigenvalue weighted by atomic mass is 16.5. The maximum Gasteiger partial charge on any atom is 0.420 e. The highest BCUT2D eigenvalue weighted by molar-refractivity contribution is 5.80. The molecule has 0 atom stereocenters. The van der Waals surface area contributed by atoms with Crippen LogP contribution in [0.1, 0.15) is 5.56 Å². The van der Waals surface area contributed by atoms with Gasteiger partial charge in [-0.15, -0.1) is 0 Å². The lowest BCUT2D eigenvalue weighted by Gasteiger charge is -2.26. The lowest BCUT2D eigenvalue weighted by molar-refractivity contribution is -0.135. The molecule has 0 unspecified atom stereocenters. The molecule has 1 saturated heterocycles. The third-order valence-corrected chi connectivity index (χ3v) is 3.48. The lowest BCUT2D eigenvalue weighted by Crippen LogP contribution is -2.43. The topological polar surface area (TPSA) is 64.7 Å². The van der Waals surface area contributed by atoms with E-state index in [4.69, 9.17) is 9.15 Å². The van der Waals surface area contributed by atoms with E-state index in [1.54, 1.807) is 11.0 Å². The fraction of sp³-hybridized carbons (Fsp3) is 0.429. The SMILES string of the molecule is Cc1ccc2c(c1)oc(=O)n2CC(=O)N1CCOCC1. The van der Waals surface area contributed by atoms with Gasteiger partial charge in [-0.3, -0.25) is 9.36 Å². The summed E-state index contributed by atoms with van der Waals surface area (Å²) in [5.41, 5.74) is 2.19. The summed E-state index contributed by atoms with van der Waals surface area (Å²) in [6.07, 6.45) is 0. The first-order chi connectivity index (χ1) is 9.65. The molecule has 106 valence electrons. The molecule has 1 fully saturated rings. The van der Waals surface area contributed by atoms with Gasteiger partial charge in [0, 0.05) is 13.1 Å². The molecule has 6 nitrogen and oxygen atoms in total. The fourth-order valence-electron chi connectivity index (χ4n) is 2.37. The van der Waals surface area contributed by atoms with Crippen molar-refractivity contribution in [2.75, 3.05) is 26.3 Å². The minimum absolute atomic E-state index is 0.00882. The number of morpholine rings is 1. The third-order valence-electron chi connectivity index (χ3n) is 3.48. The smallest absolute Gasteiger partial charge is 0.408 e. The normalized spacial score (nSPS) is 15.8. The van der Waals surface area contributed by atoms with Crippen molar-refractivity contribution in [3.8, 4) is 0 Å². The molecule has 1 aliphatic rings. The molecule has 0 radical (unpaired) electrons. The maximum atomic E-state index is 12.2. The summed E-state index contributed by atoms with van der Waals surface area (Å²) >= 11 is 0. The predicted octanol–water partition coefficient (Wildman–Crippen LogP) is 0.762. The molecule has 1 aromatic heterocycles. The molecule has 1 aromatic carbocycles. The Kier molecular flexibility index (Phi) is 3.31. The van der Waals surface area contributed by atoms with Gasteiger partial charge in [-0.25, -0.2) is 4.79 Å². The number of aromatic nitrogens is 1. The number of fused-ring (bicyclic) bond motifs is 1. The molecule has 0 N–H and O–H groups in total. The number of ether oxygens (including phenoxy) is 1. The van der Waals surface area contributed by atoms with Crippen LogP contribution in [-0.2, 0) is 16.1 Å². The zero-order chi connectivity index (χ0) is 14.1. The van der Waals surface area contributed by atoms with Crippen molar-refractivity contribution in [1.29, 1.82) is 0 Å². The van der Waals surface area contributed by atoms with Crippen molar-refractivity contribution in [2.45, 2.75) is 13.5 Å². The number of hydrogen-bond donors (Lipinski definition) is 0. The Morgan fingerprint density at radius 2 is 2.05 bits per heavy atom. The molecular formula is C14H16N2O4. The monoisotopic (exact) mass is 276 g/mol. The first-order valence-corrected chi connectivity index (χ1v) is 6.60. The molecule has 0 bridgehead atoms. The van der Waals surface area contributed by atoms with Crippen LogP contribution in [0.25, 0.3) is 11.1 Å². The van der Waals surface area contributed by atoms with Gasteiger partial charge in [0.25, 0.3) is 0 Å². The average molecular weight is 276 g/mol. The standard InChI is InChI=1S/C14H16N2O4/c1-10-2-3-11-12(8-10)20-14(18)16(11)9-13(17)15-4-6-19-7-5-15/h2-3,8H,4-7,9H2,1H3.